The van der Waals surface area contributed by atoms with Crippen molar-refractivity contribution >= 4 is 17.2 Å². The maximum Gasteiger partial charge on any atom is 0.444 e. The fraction of sp³-hybridized carbons (Fsp3) is 0.154. The number of fused-ring (bicyclic) bond motifs is 1. The highest BCUT2D eigenvalue weighted by Crippen LogP contribution is 2.09. The van der Waals surface area contributed by atoms with E-state index >= 15 is 0 Å². The Bertz CT molecular complexity index is 789. The number of H-pyrrole nitrogens is 1. The van der Waals surface area contributed by atoms with Crippen molar-refractivity contribution in [2.75, 3.05) is 0 Å². The van der Waals surface area contributed by atoms with Crippen LogP contribution in [-0.4, -0.2) is 14.6 Å². The van der Waals surface area contributed by atoms with Crippen LogP contribution in [-0.2, 0) is 13.5 Å². The van der Waals surface area contributed by atoms with Crippen molar-refractivity contribution < 1.29 is 4.52 Å². The van der Waals surface area contributed by atoms with Gasteiger partial charge < -0.3 is 0 Å². The van der Waals surface area contributed by atoms with E-state index in [9.17, 15) is 4.79 Å². The predicted molar refractivity (Wildman–Crippen MR) is 71.2 cm³/mol. The van der Waals surface area contributed by atoms with Crippen molar-refractivity contribution in [3.05, 3.63) is 63.4 Å². The second kappa shape index (κ2) is 4.51. The minimum atomic E-state index is -0.137. The summed E-state index contributed by atoms with van der Waals surface area (Å²) in [6, 6.07) is 9.48. The SMILES string of the molecule is Cn1c(=O)[nH][n+]2c(Cc3ccc(Cl)nc3)cccc12. The zero-order chi connectivity index (χ0) is 13.4. The lowest BCUT2D eigenvalue weighted by Gasteiger charge is -2.00. The monoisotopic (exact) mass is 275 g/mol. The largest absolute Gasteiger partial charge is 0.444 e. The van der Waals surface area contributed by atoms with E-state index in [0.29, 0.717) is 11.6 Å². The molecule has 3 heterocycles. The molecule has 3 rings (SSSR count). The van der Waals surface area contributed by atoms with E-state index in [1.54, 1.807) is 28.4 Å². The Morgan fingerprint density at radius 1 is 1.37 bits per heavy atom. The van der Waals surface area contributed by atoms with Crippen molar-refractivity contribution in [1.29, 1.82) is 0 Å². The highest BCUT2D eigenvalue weighted by atomic mass is 35.5. The highest BCUT2D eigenvalue weighted by molar-refractivity contribution is 6.29. The van der Waals surface area contributed by atoms with Gasteiger partial charge in [-0.15, -0.1) is 4.52 Å². The summed E-state index contributed by atoms with van der Waals surface area (Å²) in [5.41, 5.74) is 2.71. The molecule has 0 radical (unpaired) electrons. The number of nitrogens with zero attached hydrogens (tertiary/aromatic N) is 3. The zero-order valence-corrected chi connectivity index (χ0v) is 11.1. The lowest BCUT2D eigenvalue weighted by atomic mass is 10.1. The number of halogens is 1. The van der Waals surface area contributed by atoms with Crippen molar-refractivity contribution in [3.63, 3.8) is 0 Å². The van der Waals surface area contributed by atoms with Crippen LogP contribution in [0, 0.1) is 0 Å². The van der Waals surface area contributed by atoms with Gasteiger partial charge in [0.1, 0.15) is 10.8 Å². The number of nitrogens with one attached hydrogen (secondary N) is 1. The summed E-state index contributed by atoms with van der Waals surface area (Å²) in [5, 5.41) is 3.28. The van der Waals surface area contributed by atoms with Crippen molar-refractivity contribution in [2.45, 2.75) is 6.42 Å². The molecule has 0 bridgehead atoms. The minimum absolute atomic E-state index is 0.137. The van der Waals surface area contributed by atoms with Crippen LogP contribution in [0.4, 0.5) is 0 Å². The average molecular weight is 276 g/mol. The smallest absolute Gasteiger partial charge is 0.244 e. The number of rotatable bonds is 2. The first kappa shape index (κ1) is 11.9. The third-order valence-electron chi connectivity index (χ3n) is 3.08. The van der Waals surface area contributed by atoms with Gasteiger partial charge in [0, 0.05) is 18.7 Å². The summed E-state index contributed by atoms with van der Waals surface area (Å²) in [5.74, 6) is 0. The molecule has 0 saturated heterocycles. The molecular formula is C13H12ClN4O+. The standard InChI is InChI=1S/C13H11ClN4O/c1-17-12-4-2-3-10(18(12)16-13(17)19)7-9-5-6-11(14)15-8-9/h2-6,8H,7H2,1H3/p+1. The number of hydrogen-bond donors (Lipinski definition) is 1. The van der Waals surface area contributed by atoms with Crippen molar-refractivity contribution in [3.8, 4) is 0 Å². The third kappa shape index (κ3) is 2.13. The van der Waals surface area contributed by atoms with Crippen LogP contribution in [0.2, 0.25) is 5.15 Å². The second-order valence-corrected chi connectivity index (χ2v) is 4.74. The molecule has 3 aromatic heterocycles. The van der Waals surface area contributed by atoms with Gasteiger partial charge in [0.05, 0.1) is 7.05 Å². The topological polar surface area (TPSA) is 54.8 Å². The second-order valence-electron chi connectivity index (χ2n) is 4.35. The molecule has 0 aliphatic rings. The summed E-state index contributed by atoms with van der Waals surface area (Å²) in [7, 11) is 1.74. The number of aromatic nitrogens is 4. The molecule has 1 N–H and O–H groups in total. The number of aryl methyl sites for hydroxylation is 1. The Hall–Kier alpha value is -2.14. The van der Waals surface area contributed by atoms with Crippen molar-refractivity contribution in [2.24, 2.45) is 7.05 Å². The first-order valence-electron chi connectivity index (χ1n) is 5.84. The summed E-state index contributed by atoms with van der Waals surface area (Å²) < 4.78 is 3.36. The van der Waals surface area contributed by atoms with Gasteiger partial charge in [-0.1, -0.05) is 23.7 Å². The van der Waals surface area contributed by atoms with Crippen LogP contribution in [0.25, 0.3) is 5.65 Å². The normalized spacial score (nSPS) is 11.1. The Balaban J connectivity index is 2.08. The van der Waals surface area contributed by atoms with E-state index in [0.717, 1.165) is 16.9 Å². The van der Waals surface area contributed by atoms with Crippen molar-refractivity contribution in [1.82, 2.24) is 14.6 Å². The van der Waals surface area contributed by atoms with Gasteiger partial charge >= 0.3 is 11.3 Å². The van der Waals surface area contributed by atoms with E-state index in [4.69, 9.17) is 11.6 Å². The average Bonchev–Trinajstić information content (AvgIpc) is 2.70. The molecule has 0 saturated carbocycles. The van der Waals surface area contributed by atoms with E-state index in [2.05, 4.69) is 10.1 Å². The summed E-state index contributed by atoms with van der Waals surface area (Å²) in [6.07, 6.45) is 2.41. The fourth-order valence-electron chi connectivity index (χ4n) is 2.07. The van der Waals surface area contributed by atoms with Crippen LogP contribution >= 0.6 is 11.6 Å². The Morgan fingerprint density at radius 2 is 2.21 bits per heavy atom. The molecule has 0 unspecified atom stereocenters. The van der Waals surface area contributed by atoms with Gasteiger partial charge in [-0.3, -0.25) is 0 Å². The van der Waals surface area contributed by atoms with Crippen LogP contribution in [0.5, 0.6) is 0 Å². The van der Waals surface area contributed by atoms with Crippen LogP contribution < -0.4 is 10.2 Å². The molecule has 5 nitrogen and oxygen atoms in total. The van der Waals surface area contributed by atoms with E-state index in [1.807, 2.05) is 24.3 Å². The quantitative estimate of drug-likeness (QED) is 0.562. The van der Waals surface area contributed by atoms with Gasteiger partial charge in [-0.2, -0.15) is 9.67 Å². The van der Waals surface area contributed by atoms with E-state index in [-0.39, 0.29) is 5.69 Å². The molecule has 3 aromatic rings. The molecule has 0 aliphatic carbocycles. The summed E-state index contributed by atoms with van der Waals surface area (Å²) in [4.78, 5) is 15.7. The molecule has 0 aromatic carbocycles. The predicted octanol–water partition coefficient (Wildman–Crippen LogP) is 1.09. The molecule has 0 fully saturated rings. The van der Waals surface area contributed by atoms with Crippen LogP contribution in [0.15, 0.2) is 41.3 Å². The first-order valence-corrected chi connectivity index (χ1v) is 6.22. The maximum absolute atomic E-state index is 11.6. The minimum Gasteiger partial charge on any atom is -0.244 e. The van der Waals surface area contributed by atoms with Gasteiger partial charge in [0.15, 0.2) is 0 Å². The zero-order valence-electron chi connectivity index (χ0n) is 10.3. The number of hydrogen-bond acceptors (Lipinski definition) is 2. The fourth-order valence-corrected chi connectivity index (χ4v) is 2.18. The number of aromatic amines is 1. The summed E-state index contributed by atoms with van der Waals surface area (Å²) >= 11 is 5.77. The van der Waals surface area contributed by atoms with Crippen LogP contribution in [0.3, 0.4) is 0 Å². The highest BCUT2D eigenvalue weighted by Gasteiger charge is 2.14. The lowest BCUT2D eigenvalue weighted by Crippen LogP contribution is -2.31. The molecule has 0 amide bonds. The molecular weight excluding hydrogens is 264 g/mol. The Kier molecular flexibility index (Phi) is 2.83. The van der Waals surface area contributed by atoms with E-state index in [1.165, 1.54) is 0 Å². The summed E-state index contributed by atoms with van der Waals surface area (Å²) in [6.45, 7) is 0. The molecule has 0 atom stereocenters. The Labute approximate surface area is 114 Å². The first-order chi connectivity index (χ1) is 9.15. The molecule has 96 valence electrons. The molecule has 0 aliphatic heterocycles. The molecule has 6 heteroatoms. The molecule has 19 heavy (non-hydrogen) atoms. The van der Waals surface area contributed by atoms with Gasteiger partial charge in [0.2, 0.25) is 0 Å². The van der Waals surface area contributed by atoms with Gasteiger partial charge in [-0.25, -0.2) is 9.78 Å². The van der Waals surface area contributed by atoms with Gasteiger partial charge in [0.25, 0.3) is 0 Å². The lowest BCUT2D eigenvalue weighted by molar-refractivity contribution is -0.587. The van der Waals surface area contributed by atoms with Gasteiger partial charge in [-0.05, 0) is 17.7 Å². The number of pyridine rings is 2. The molecule has 0 spiro atoms. The van der Waals surface area contributed by atoms with E-state index < -0.39 is 0 Å². The Morgan fingerprint density at radius 3 is 2.95 bits per heavy atom. The maximum atomic E-state index is 11.6. The third-order valence-corrected chi connectivity index (χ3v) is 3.30. The van der Waals surface area contributed by atoms with Crippen LogP contribution in [0.1, 0.15) is 11.3 Å².